The molecule has 1 rings (SSSR count). The van der Waals surface area contributed by atoms with E-state index in [1.807, 2.05) is 6.92 Å². The van der Waals surface area contributed by atoms with Crippen molar-refractivity contribution in [2.24, 2.45) is 11.5 Å². The van der Waals surface area contributed by atoms with Crippen LogP contribution in [0, 0.1) is 0 Å². The van der Waals surface area contributed by atoms with Crippen LogP contribution in [0.3, 0.4) is 0 Å². The molecule has 0 saturated carbocycles. The number of carbonyl (C=O) groups is 2. The number of nitrogens with one attached hydrogen (secondary N) is 1. The van der Waals surface area contributed by atoms with E-state index < -0.39 is 17.9 Å². The van der Waals surface area contributed by atoms with E-state index in [-0.39, 0.29) is 18.8 Å². The minimum absolute atomic E-state index is 0. The van der Waals surface area contributed by atoms with E-state index in [1.165, 1.54) is 0 Å². The molecule has 1 atom stereocenters. The summed E-state index contributed by atoms with van der Waals surface area (Å²) in [6.07, 6.45) is 0.754. The van der Waals surface area contributed by atoms with Gasteiger partial charge in [0, 0.05) is 5.69 Å². The lowest BCUT2D eigenvalue weighted by Crippen LogP contribution is -2.38. The number of amides is 2. The second kappa shape index (κ2) is 9.17. The smallest absolute Gasteiger partial charge is 0.241 e. The van der Waals surface area contributed by atoms with E-state index in [4.69, 9.17) is 16.2 Å². The Morgan fingerprint density at radius 2 is 1.90 bits per heavy atom. The second-order valence-corrected chi connectivity index (χ2v) is 4.14. The molecule has 1 aromatic carbocycles. The minimum atomic E-state index is -0.937. The third-order valence-electron chi connectivity index (χ3n) is 2.35. The summed E-state index contributed by atoms with van der Waals surface area (Å²) < 4.78 is 5.42. The average molecular weight is 302 g/mol. The van der Waals surface area contributed by atoms with Gasteiger partial charge in [0.05, 0.1) is 19.1 Å². The van der Waals surface area contributed by atoms with Gasteiger partial charge in [0.2, 0.25) is 11.8 Å². The van der Waals surface area contributed by atoms with Crippen molar-refractivity contribution < 1.29 is 14.3 Å². The van der Waals surface area contributed by atoms with Crippen LogP contribution in [0.4, 0.5) is 5.69 Å². The number of nitrogens with two attached hydrogens (primary N) is 2. The first-order valence-corrected chi connectivity index (χ1v) is 6.10. The summed E-state index contributed by atoms with van der Waals surface area (Å²) in [6, 6.07) is 5.99. The average Bonchev–Trinajstić information content (AvgIpc) is 2.37. The van der Waals surface area contributed by atoms with Crippen LogP contribution in [-0.4, -0.2) is 24.5 Å². The molecule has 0 aliphatic heterocycles. The van der Waals surface area contributed by atoms with E-state index in [9.17, 15) is 9.59 Å². The molecule has 1 unspecified atom stereocenters. The zero-order chi connectivity index (χ0) is 14.3. The van der Waals surface area contributed by atoms with Crippen molar-refractivity contribution in [3.63, 3.8) is 0 Å². The highest BCUT2D eigenvalue weighted by Crippen LogP contribution is 2.16. The van der Waals surface area contributed by atoms with Crippen LogP contribution >= 0.6 is 12.4 Å². The number of primary amides is 1. The lowest BCUT2D eigenvalue weighted by molar-refractivity contribution is -0.123. The lowest BCUT2D eigenvalue weighted by atomic mass is 10.2. The van der Waals surface area contributed by atoms with Crippen LogP contribution in [0.5, 0.6) is 5.75 Å². The lowest BCUT2D eigenvalue weighted by Gasteiger charge is -2.11. The zero-order valence-corrected chi connectivity index (χ0v) is 12.1. The monoisotopic (exact) mass is 301 g/mol. The molecule has 0 aromatic heterocycles. The van der Waals surface area contributed by atoms with Gasteiger partial charge in [0.15, 0.2) is 0 Å². The Labute approximate surface area is 124 Å². The van der Waals surface area contributed by atoms with Gasteiger partial charge in [-0.05, 0) is 30.7 Å². The molecule has 20 heavy (non-hydrogen) atoms. The standard InChI is InChI=1S/C13H19N3O3.ClH/c1-2-7-19-10-5-3-9(4-6-10)16-13(18)11(14)8-12(15)17;/h3-6,11H,2,7-8,14H2,1H3,(H2,15,17)(H,16,18);1H. The molecule has 1 aromatic rings. The Morgan fingerprint density at radius 1 is 1.30 bits per heavy atom. The molecule has 0 aliphatic rings. The van der Waals surface area contributed by atoms with Crippen molar-refractivity contribution in [3.8, 4) is 5.75 Å². The normalized spacial score (nSPS) is 11.1. The molecule has 0 saturated heterocycles. The highest BCUT2D eigenvalue weighted by molar-refractivity contribution is 5.97. The minimum Gasteiger partial charge on any atom is -0.494 e. The fraction of sp³-hybridized carbons (Fsp3) is 0.385. The van der Waals surface area contributed by atoms with E-state index in [2.05, 4.69) is 5.32 Å². The number of hydrogen-bond acceptors (Lipinski definition) is 4. The predicted molar refractivity (Wildman–Crippen MR) is 79.9 cm³/mol. The van der Waals surface area contributed by atoms with Crippen molar-refractivity contribution in [2.75, 3.05) is 11.9 Å². The van der Waals surface area contributed by atoms with Crippen molar-refractivity contribution in [1.29, 1.82) is 0 Å². The van der Waals surface area contributed by atoms with Gasteiger partial charge in [-0.3, -0.25) is 9.59 Å². The number of ether oxygens (including phenoxy) is 1. The van der Waals surface area contributed by atoms with Crippen LogP contribution in [0.1, 0.15) is 19.8 Å². The number of rotatable bonds is 7. The number of halogens is 1. The van der Waals surface area contributed by atoms with Crippen LogP contribution in [0.25, 0.3) is 0 Å². The third kappa shape index (κ3) is 6.40. The maximum absolute atomic E-state index is 11.6. The third-order valence-corrected chi connectivity index (χ3v) is 2.35. The van der Waals surface area contributed by atoms with Gasteiger partial charge in [0.1, 0.15) is 5.75 Å². The predicted octanol–water partition coefficient (Wildman–Crippen LogP) is 1.04. The summed E-state index contributed by atoms with van der Waals surface area (Å²) in [7, 11) is 0. The Morgan fingerprint density at radius 3 is 2.40 bits per heavy atom. The molecule has 7 heteroatoms. The van der Waals surface area contributed by atoms with Crippen LogP contribution < -0.4 is 21.5 Å². The molecule has 0 bridgehead atoms. The molecule has 0 radical (unpaired) electrons. The van der Waals surface area contributed by atoms with Gasteiger partial charge in [-0.2, -0.15) is 0 Å². The Hall–Kier alpha value is -1.79. The summed E-state index contributed by atoms with van der Waals surface area (Å²) in [5.74, 6) is -0.312. The van der Waals surface area contributed by atoms with Crippen molar-refractivity contribution in [1.82, 2.24) is 0 Å². The molecule has 112 valence electrons. The summed E-state index contributed by atoms with van der Waals surface area (Å²) in [5, 5.41) is 2.60. The SMILES string of the molecule is CCCOc1ccc(NC(=O)C(N)CC(N)=O)cc1.Cl. The van der Waals surface area contributed by atoms with Gasteiger partial charge in [-0.15, -0.1) is 12.4 Å². The Balaban J connectivity index is 0.00000361. The first-order chi connectivity index (χ1) is 9.02. The van der Waals surface area contributed by atoms with Gasteiger partial charge < -0.3 is 21.5 Å². The van der Waals surface area contributed by atoms with Gasteiger partial charge in [-0.25, -0.2) is 0 Å². The van der Waals surface area contributed by atoms with E-state index in [0.29, 0.717) is 12.3 Å². The first kappa shape index (κ1) is 18.2. The van der Waals surface area contributed by atoms with Crippen molar-refractivity contribution in [3.05, 3.63) is 24.3 Å². The molecule has 5 N–H and O–H groups in total. The van der Waals surface area contributed by atoms with E-state index in [0.717, 1.165) is 12.2 Å². The van der Waals surface area contributed by atoms with E-state index >= 15 is 0 Å². The molecule has 0 fully saturated rings. The molecule has 2 amide bonds. The fourth-order valence-corrected chi connectivity index (χ4v) is 1.40. The topological polar surface area (TPSA) is 107 Å². The highest BCUT2D eigenvalue weighted by atomic mass is 35.5. The molecule has 0 spiro atoms. The van der Waals surface area contributed by atoms with Crippen molar-refractivity contribution in [2.45, 2.75) is 25.8 Å². The maximum Gasteiger partial charge on any atom is 0.241 e. The number of benzene rings is 1. The number of carbonyl (C=O) groups excluding carboxylic acids is 2. The van der Waals surface area contributed by atoms with Crippen LogP contribution in [-0.2, 0) is 9.59 Å². The maximum atomic E-state index is 11.6. The summed E-state index contributed by atoms with van der Waals surface area (Å²) in [6.45, 7) is 2.67. The molecule has 0 heterocycles. The van der Waals surface area contributed by atoms with Gasteiger partial charge >= 0.3 is 0 Å². The largest absolute Gasteiger partial charge is 0.494 e. The summed E-state index contributed by atoms with van der Waals surface area (Å²) in [4.78, 5) is 22.3. The zero-order valence-electron chi connectivity index (χ0n) is 11.3. The van der Waals surface area contributed by atoms with Gasteiger partial charge in [0.25, 0.3) is 0 Å². The first-order valence-electron chi connectivity index (χ1n) is 6.10. The molecule has 0 aliphatic carbocycles. The second-order valence-electron chi connectivity index (χ2n) is 4.14. The number of anilines is 1. The Bertz CT molecular complexity index is 437. The summed E-state index contributed by atoms with van der Waals surface area (Å²) >= 11 is 0. The van der Waals surface area contributed by atoms with Crippen LogP contribution in [0.15, 0.2) is 24.3 Å². The number of hydrogen-bond donors (Lipinski definition) is 3. The highest BCUT2D eigenvalue weighted by Gasteiger charge is 2.15. The molecular formula is C13H20ClN3O3. The quantitative estimate of drug-likeness (QED) is 0.699. The van der Waals surface area contributed by atoms with Crippen LogP contribution in [0.2, 0.25) is 0 Å². The fourth-order valence-electron chi connectivity index (χ4n) is 1.40. The molecular weight excluding hydrogens is 282 g/mol. The van der Waals surface area contributed by atoms with E-state index in [1.54, 1.807) is 24.3 Å². The van der Waals surface area contributed by atoms with Crippen molar-refractivity contribution >= 4 is 29.9 Å². The van der Waals surface area contributed by atoms with Gasteiger partial charge in [-0.1, -0.05) is 6.92 Å². The summed E-state index contributed by atoms with van der Waals surface area (Å²) in [5.41, 5.74) is 11.1. The molecule has 6 nitrogen and oxygen atoms in total. The Kier molecular flexibility index (Phi) is 8.35.